The Morgan fingerprint density at radius 1 is 1.23 bits per heavy atom. The van der Waals surface area contributed by atoms with Crippen LogP contribution in [0.25, 0.3) is 0 Å². The van der Waals surface area contributed by atoms with Crippen molar-refractivity contribution < 1.29 is 5.11 Å². The zero-order valence-electron chi connectivity index (χ0n) is 9.13. The molecule has 0 aromatic rings. The molecule has 0 spiro atoms. The SMILES string of the molecule is CC=CCCCCC(CO)CCC. The van der Waals surface area contributed by atoms with Gasteiger partial charge in [-0.25, -0.2) is 0 Å². The lowest BCUT2D eigenvalue weighted by atomic mass is 9.97. The van der Waals surface area contributed by atoms with Gasteiger partial charge in [0.25, 0.3) is 0 Å². The molecular formula is C12H24O. The van der Waals surface area contributed by atoms with Gasteiger partial charge >= 0.3 is 0 Å². The van der Waals surface area contributed by atoms with Crippen molar-refractivity contribution in [2.75, 3.05) is 6.61 Å². The lowest BCUT2D eigenvalue weighted by Crippen LogP contribution is -2.05. The highest BCUT2D eigenvalue weighted by atomic mass is 16.3. The highest BCUT2D eigenvalue weighted by Crippen LogP contribution is 2.14. The van der Waals surface area contributed by atoms with Crippen molar-refractivity contribution in [2.45, 2.75) is 52.4 Å². The van der Waals surface area contributed by atoms with Gasteiger partial charge in [-0.1, -0.05) is 31.9 Å². The Labute approximate surface area is 82.9 Å². The fourth-order valence-electron chi connectivity index (χ4n) is 1.60. The molecule has 0 aliphatic carbocycles. The molecule has 0 rings (SSSR count). The van der Waals surface area contributed by atoms with Crippen LogP contribution in [0.1, 0.15) is 52.4 Å². The second-order valence-electron chi connectivity index (χ2n) is 3.69. The Morgan fingerprint density at radius 3 is 2.54 bits per heavy atom. The number of hydrogen-bond acceptors (Lipinski definition) is 1. The summed E-state index contributed by atoms with van der Waals surface area (Å²) >= 11 is 0. The summed E-state index contributed by atoms with van der Waals surface area (Å²) in [7, 11) is 0. The molecule has 0 heterocycles. The first-order valence-electron chi connectivity index (χ1n) is 5.57. The van der Waals surface area contributed by atoms with Gasteiger partial charge in [0.2, 0.25) is 0 Å². The van der Waals surface area contributed by atoms with E-state index >= 15 is 0 Å². The van der Waals surface area contributed by atoms with E-state index in [9.17, 15) is 0 Å². The Hall–Kier alpha value is -0.300. The number of rotatable bonds is 8. The zero-order chi connectivity index (χ0) is 9.94. The lowest BCUT2D eigenvalue weighted by molar-refractivity contribution is 0.207. The predicted molar refractivity (Wildman–Crippen MR) is 58.8 cm³/mol. The van der Waals surface area contributed by atoms with Crippen LogP contribution in [0.2, 0.25) is 0 Å². The molecule has 0 fully saturated rings. The van der Waals surface area contributed by atoms with E-state index in [0.717, 1.165) is 0 Å². The minimum atomic E-state index is 0.372. The summed E-state index contributed by atoms with van der Waals surface area (Å²) < 4.78 is 0. The highest BCUT2D eigenvalue weighted by Gasteiger charge is 2.04. The fraction of sp³-hybridized carbons (Fsp3) is 0.833. The number of aliphatic hydroxyl groups excluding tert-OH is 1. The van der Waals surface area contributed by atoms with Gasteiger partial charge in [-0.15, -0.1) is 0 Å². The summed E-state index contributed by atoms with van der Waals surface area (Å²) in [5, 5.41) is 9.05. The van der Waals surface area contributed by atoms with Crippen molar-refractivity contribution in [3.63, 3.8) is 0 Å². The Bertz CT molecular complexity index is 118. The largest absolute Gasteiger partial charge is 0.396 e. The van der Waals surface area contributed by atoms with E-state index in [1.54, 1.807) is 0 Å². The van der Waals surface area contributed by atoms with E-state index < -0.39 is 0 Å². The van der Waals surface area contributed by atoms with Crippen LogP contribution in [0.4, 0.5) is 0 Å². The van der Waals surface area contributed by atoms with E-state index in [4.69, 9.17) is 5.11 Å². The van der Waals surface area contributed by atoms with Gasteiger partial charge in [-0.3, -0.25) is 0 Å². The van der Waals surface area contributed by atoms with Gasteiger partial charge < -0.3 is 5.11 Å². The third kappa shape index (κ3) is 8.04. The van der Waals surface area contributed by atoms with Gasteiger partial charge in [0.15, 0.2) is 0 Å². The molecule has 0 amide bonds. The van der Waals surface area contributed by atoms with Crippen LogP contribution in [0.5, 0.6) is 0 Å². The number of unbranched alkanes of at least 4 members (excludes halogenated alkanes) is 2. The van der Waals surface area contributed by atoms with Gasteiger partial charge in [0.05, 0.1) is 0 Å². The molecule has 78 valence electrons. The van der Waals surface area contributed by atoms with Gasteiger partial charge in [0.1, 0.15) is 0 Å². The Kier molecular flexibility index (Phi) is 9.56. The molecule has 0 aromatic heterocycles. The van der Waals surface area contributed by atoms with Crippen molar-refractivity contribution >= 4 is 0 Å². The van der Waals surface area contributed by atoms with E-state index in [1.165, 1.54) is 38.5 Å². The molecule has 1 heteroatoms. The standard InChI is InChI=1S/C12H24O/c1-3-5-6-7-8-10-12(11-13)9-4-2/h3,5,12-13H,4,6-11H2,1-2H3. The van der Waals surface area contributed by atoms with E-state index in [0.29, 0.717) is 12.5 Å². The average molecular weight is 184 g/mol. The highest BCUT2D eigenvalue weighted by molar-refractivity contribution is 4.76. The van der Waals surface area contributed by atoms with Crippen molar-refractivity contribution in [3.05, 3.63) is 12.2 Å². The predicted octanol–water partition coefficient (Wildman–Crippen LogP) is 3.53. The van der Waals surface area contributed by atoms with Gasteiger partial charge in [-0.05, 0) is 38.5 Å². The first kappa shape index (κ1) is 12.7. The molecule has 0 aliphatic heterocycles. The van der Waals surface area contributed by atoms with Crippen LogP contribution < -0.4 is 0 Å². The molecule has 13 heavy (non-hydrogen) atoms. The quantitative estimate of drug-likeness (QED) is 0.452. The molecule has 0 aromatic carbocycles. The topological polar surface area (TPSA) is 20.2 Å². The number of aliphatic hydroxyl groups is 1. The van der Waals surface area contributed by atoms with Crippen molar-refractivity contribution in [3.8, 4) is 0 Å². The molecule has 1 atom stereocenters. The number of allylic oxidation sites excluding steroid dienone is 2. The summed E-state index contributed by atoms with van der Waals surface area (Å²) in [6.07, 6.45) is 11.6. The summed E-state index contributed by atoms with van der Waals surface area (Å²) in [6.45, 7) is 4.62. The van der Waals surface area contributed by atoms with Crippen LogP contribution in [-0.2, 0) is 0 Å². The van der Waals surface area contributed by atoms with Crippen molar-refractivity contribution in [2.24, 2.45) is 5.92 Å². The molecule has 0 bridgehead atoms. The monoisotopic (exact) mass is 184 g/mol. The Morgan fingerprint density at radius 2 is 2.00 bits per heavy atom. The van der Waals surface area contributed by atoms with Crippen molar-refractivity contribution in [1.29, 1.82) is 0 Å². The summed E-state index contributed by atoms with van der Waals surface area (Å²) in [4.78, 5) is 0. The summed E-state index contributed by atoms with van der Waals surface area (Å²) in [5.41, 5.74) is 0. The molecule has 0 saturated heterocycles. The van der Waals surface area contributed by atoms with E-state index in [-0.39, 0.29) is 0 Å². The van der Waals surface area contributed by atoms with Crippen LogP contribution >= 0.6 is 0 Å². The van der Waals surface area contributed by atoms with Crippen LogP contribution in [0.3, 0.4) is 0 Å². The second kappa shape index (κ2) is 9.79. The molecular weight excluding hydrogens is 160 g/mol. The molecule has 0 radical (unpaired) electrons. The van der Waals surface area contributed by atoms with Gasteiger partial charge in [-0.2, -0.15) is 0 Å². The van der Waals surface area contributed by atoms with Gasteiger partial charge in [0, 0.05) is 6.61 Å². The fourth-order valence-corrected chi connectivity index (χ4v) is 1.60. The first-order valence-corrected chi connectivity index (χ1v) is 5.57. The first-order chi connectivity index (χ1) is 6.35. The van der Waals surface area contributed by atoms with E-state index in [1.807, 2.05) is 0 Å². The smallest absolute Gasteiger partial charge is 0.0459 e. The summed E-state index contributed by atoms with van der Waals surface area (Å²) in [6, 6.07) is 0. The average Bonchev–Trinajstić information content (AvgIpc) is 2.16. The maximum atomic E-state index is 9.05. The third-order valence-electron chi connectivity index (χ3n) is 2.42. The van der Waals surface area contributed by atoms with Crippen molar-refractivity contribution in [1.82, 2.24) is 0 Å². The molecule has 0 saturated carbocycles. The maximum absolute atomic E-state index is 9.05. The molecule has 0 aliphatic rings. The maximum Gasteiger partial charge on any atom is 0.0459 e. The normalized spacial score (nSPS) is 13.8. The third-order valence-corrected chi connectivity index (χ3v) is 2.42. The van der Waals surface area contributed by atoms with Crippen LogP contribution in [0.15, 0.2) is 12.2 Å². The molecule has 1 unspecified atom stereocenters. The second-order valence-corrected chi connectivity index (χ2v) is 3.69. The lowest BCUT2D eigenvalue weighted by Gasteiger charge is -2.11. The molecule has 1 N–H and O–H groups in total. The Balaban J connectivity index is 3.27. The zero-order valence-corrected chi connectivity index (χ0v) is 9.13. The number of hydrogen-bond donors (Lipinski definition) is 1. The van der Waals surface area contributed by atoms with Crippen LogP contribution in [0, 0.1) is 5.92 Å². The van der Waals surface area contributed by atoms with E-state index in [2.05, 4.69) is 26.0 Å². The molecule has 1 nitrogen and oxygen atoms in total. The minimum absolute atomic E-state index is 0.372. The minimum Gasteiger partial charge on any atom is -0.396 e. The summed E-state index contributed by atoms with van der Waals surface area (Å²) in [5.74, 6) is 0.551. The van der Waals surface area contributed by atoms with Crippen LogP contribution in [-0.4, -0.2) is 11.7 Å².